The van der Waals surface area contributed by atoms with Crippen molar-refractivity contribution < 1.29 is 4.74 Å². The molecule has 1 fully saturated rings. The van der Waals surface area contributed by atoms with E-state index < -0.39 is 0 Å². The molecule has 0 bridgehead atoms. The van der Waals surface area contributed by atoms with Crippen molar-refractivity contribution in [1.29, 1.82) is 0 Å². The number of halogens is 1. The van der Waals surface area contributed by atoms with E-state index in [-0.39, 0.29) is 30.1 Å². The normalized spacial score (nSPS) is 19.8. The predicted molar refractivity (Wildman–Crippen MR) is 124 cm³/mol. The first-order valence-corrected chi connectivity index (χ1v) is 9.84. The van der Waals surface area contributed by atoms with Gasteiger partial charge in [0, 0.05) is 38.9 Å². The van der Waals surface area contributed by atoms with Crippen LogP contribution in [0.15, 0.2) is 41.5 Å². The van der Waals surface area contributed by atoms with Crippen LogP contribution in [0.5, 0.6) is 0 Å². The number of hydrogen-bond donors (Lipinski definition) is 2. The Bertz CT molecular complexity index is 744. The second kappa shape index (κ2) is 11.4. The lowest BCUT2D eigenvalue weighted by Crippen LogP contribution is -2.42. The monoisotopic (exact) mass is 497 g/mol. The highest BCUT2D eigenvalue weighted by atomic mass is 127. The zero-order valence-electron chi connectivity index (χ0n) is 17.0. The standard InChI is InChI=1S/C21H31N5O.HI/c1-4-22-21(24-15-19-11-12-25-26(19)3)23-14-18-6-5-13-27-20(18)17-9-7-16(2)8-10-17;/h7-12,18,20H,4-6,13-15H2,1-3H3,(H2,22,23,24);1H. The molecule has 2 N–H and O–H groups in total. The van der Waals surface area contributed by atoms with Crippen molar-refractivity contribution in [3.63, 3.8) is 0 Å². The summed E-state index contributed by atoms with van der Waals surface area (Å²) < 4.78 is 7.99. The Hall–Kier alpha value is -1.61. The van der Waals surface area contributed by atoms with Gasteiger partial charge in [0.25, 0.3) is 0 Å². The number of aliphatic imine (C=N–C) groups is 1. The van der Waals surface area contributed by atoms with E-state index in [0.717, 1.165) is 44.2 Å². The number of ether oxygens (including phenoxy) is 1. The first-order valence-electron chi connectivity index (χ1n) is 9.84. The molecule has 7 heteroatoms. The van der Waals surface area contributed by atoms with Gasteiger partial charge in [-0.3, -0.25) is 4.68 Å². The van der Waals surface area contributed by atoms with E-state index in [0.29, 0.717) is 12.5 Å². The van der Waals surface area contributed by atoms with E-state index in [2.05, 4.69) is 53.8 Å². The number of aromatic nitrogens is 2. The molecule has 0 spiro atoms. The molecule has 1 aromatic heterocycles. The highest BCUT2D eigenvalue weighted by Crippen LogP contribution is 2.33. The van der Waals surface area contributed by atoms with E-state index in [1.165, 1.54) is 11.1 Å². The van der Waals surface area contributed by atoms with Crippen LogP contribution in [0.4, 0.5) is 0 Å². The predicted octanol–water partition coefficient (Wildman–Crippen LogP) is 3.57. The van der Waals surface area contributed by atoms with Gasteiger partial charge in [-0.05, 0) is 38.3 Å². The maximum Gasteiger partial charge on any atom is 0.191 e. The number of guanidine groups is 1. The summed E-state index contributed by atoms with van der Waals surface area (Å²) in [7, 11) is 1.94. The van der Waals surface area contributed by atoms with Crippen molar-refractivity contribution >= 4 is 29.9 Å². The molecule has 2 unspecified atom stereocenters. The van der Waals surface area contributed by atoms with E-state index in [9.17, 15) is 0 Å². The van der Waals surface area contributed by atoms with Crippen LogP contribution in [0.3, 0.4) is 0 Å². The minimum Gasteiger partial charge on any atom is -0.373 e. The van der Waals surface area contributed by atoms with E-state index in [1.54, 1.807) is 6.20 Å². The largest absolute Gasteiger partial charge is 0.373 e. The minimum absolute atomic E-state index is 0. The molecular formula is C21H32IN5O. The highest BCUT2D eigenvalue weighted by Gasteiger charge is 2.27. The molecule has 154 valence electrons. The second-order valence-electron chi connectivity index (χ2n) is 7.13. The molecule has 1 aliphatic rings. The van der Waals surface area contributed by atoms with Crippen molar-refractivity contribution in [2.45, 2.75) is 39.3 Å². The van der Waals surface area contributed by atoms with Crippen molar-refractivity contribution in [3.05, 3.63) is 53.3 Å². The average molecular weight is 497 g/mol. The molecular weight excluding hydrogens is 465 g/mol. The summed E-state index contributed by atoms with van der Waals surface area (Å²) in [5.74, 6) is 1.27. The van der Waals surface area contributed by atoms with Crippen LogP contribution in [-0.4, -0.2) is 35.4 Å². The molecule has 28 heavy (non-hydrogen) atoms. The molecule has 0 amide bonds. The molecule has 1 saturated heterocycles. The van der Waals surface area contributed by atoms with Gasteiger partial charge in [0.15, 0.2) is 5.96 Å². The third kappa shape index (κ3) is 6.20. The minimum atomic E-state index is 0. The van der Waals surface area contributed by atoms with Gasteiger partial charge in [-0.25, -0.2) is 4.99 Å². The lowest BCUT2D eigenvalue weighted by Gasteiger charge is -2.32. The maximum absolute atomic E-state index is 6.13. The van der Waals surface area contributed by atoms with Crippen LogP contribution >= 0.6 is 24.0 Å². The molecule has 0 aliphatic carbocycles. The summed E-state index contributed by atoms with van der Waals surface area (Å²) in [5.41, 5.74) is 3.63. The van der Waals surface area contributed by atoms with Crippen molar-refractivity contribution in [2.24, 2.45) is 18.0 Å². The number of nitrogens with zero attached hydrogens (tertiary/aromatic N) is 3. The third-order valence-electron chi connectivity index (χ3n) is 5.05. The van der Waals surface area contributed by atoms with E-state index in [1.807, 2.05) is 17.8 Å². The summed E-state index contributed by atoms with van der Waals surface area (Å²) in [6, 6.07) is 10.7. The Balaban J connectivity index is 0.00000280. The van der Waals surface area contributed by atoms with Crippen LogP contribution < -0.4 is 10.6 Å². The molecule has 1 aromatic carbocycles. The van der Waals surface area contributed by atoms with Crippen molar-refractivity contribution in [3.8, 4) is 0 Å². The maximum atomic E-state index is 6.13. The van der Waals surface area contributed by atoms with E-state index >= 15 is 0 Å². The fourth-order valence-electron chi connectivity index (χ4n) is 3.46. The molecule has 6 nitrogen and oxygen atoms in total. The van der Waals surface area contributed by atoms with Gasteiger partial charge >= 0.3 is 0 Å². The number of hydrogen-bond acceptors (Lipinski definition) is 3. The molecule has 2 aromatic rings. The van der Waals surface area contributed by atoms with Crippen molar-refractivity contribution in [1.82, 2.24) is 20.4 Å². The van der Waals surface area contributed by atoms with E-state index in [4.69, 9.17) is 9.73 Å². The summed E-state index contributed by atoms with van der Waals surface area (Å²) in [5, 5.41) is 11.0. The van der Waals surface area contributed by atoms with Crippen LogP contribution in [0.2, 0.25) is 0 Å². The number of benzene rings is 1. The summed E-state index contributed by atoms with van der Waals surface area (Å²) in [6.07, 6.45) is 4.22. The lowest BCUT2D eigenvalue weighted by molar-refractivity contribution is -0.0265. The van der Waals surface area contributed by atoms with Crippen LogP contribution in [0.25, 0.3) is 0 Å². The van der Waals surface area contributed by atoms with Gasteiger partial charge in [0.1, 0.15) is 0 Å². The Morgan fingerprint density at radius 1 is 1.25 bits per heavy atom. The van der Waals surface area contributed by atoms with Crippen LogP contribution in [0, 0.1) is 12.8 Å². The molecule has 2 heterocycles. The van der Waals surface area contributed by atoms with Crippen LogP contribution in [0.1, 0.15) is 42.7 Å². The number of rotatable bonds is 6. The zero-order chi connectivity index (χ0) is 19.1. The Kier molecular flexibility index (Phi) is 9.24. The first kappa shape index (κ1) is 22.7. The van der Waals surface area contributed by atoms with Crippen LogP contribution in [-0.2, 0) is 18.3 Å². The van der Waals surface area contributed by atoms with Gasteiger partial charge < -0.3 is 15.4 Å². The Morgan fingerprint density at radius 3 is 2.71 bits per heavy atom. The second-order valence-corrected chi connectivity index (χ2v) is 7.13. The van der Waals surface area contributed by atoms with Gasteiger partial charge in [0.05, 0.1) is 18.3 Å². The third-order valence-corrected chi connectivity index (χ3v) is 5.05. The number of aryl methyl sites for hydroxylation is 2. The topological polar surface area (TPSA) is 63.5 Å². The fourth-order valence-corrected chi connectivity index (χ4v) is 3.46. The molecule has 1 aliphatic heterocycles. The molecule has 0 radical (unpaired) electrons. The quantitative estimate of drug-likeness (QED) is 0.364. The SMILES string of the molecule is CCNC(=NCc1ccnn1C)NCC1CCCOC1c1ccc(C)cc1.I. The molecule has 3 rings (SSSR count). The summed E-state index contributed by atoms with van der Waals surface area (Å²) in [6.45, 7) is 7.32. The Labute approximate surface area is 185 Å². The first-order chi connectivity index (χ1) is 13.2. The molecule has 0 saturated carbocycles. The molecule has 2 atom stereocenters. The van der Waals surface area contributed by atoms with Gasteiger partial charge in [-0.2, -0.15) is 5.10 Å². The van der Waals surface area contributed by atoms with Gasteiger partial charge in [-0.15, -0.1) is 24.0 Å². The fraction of sp³-hybridized carbons (Fsp3) is 0.524. The van der Waals surface area contributed by atoms with Crippen molar-refractivity contribution in [2.75, 3.05) is 19.7 Å². The number of nitrogens with one attached hydrogen (secondary N) is 2. The smallest absolute Gasteiger partial charge is 0.191 e. The van der Waals surface area contributed by atoms with Gasteiger partial charge in [0.2, 0.25) is 0 Å². The van der Waals surface area contributed by atoms with Gasteiger partial charge in [-0.1, -0.05) is 29.8 Å². The highest BCUT2D eigenvalue weighted by molar-refractivity contribution is 14.0. The lowest BCUT2D eigenvalue weighted by atomic mass is 9.89. The average Bonchev–Trinajstić information content (AvgIpc) is 3.10. The summed E-state index contributed by atoms with van der Waals surface area (Å²) >= 11 is 0. The Morgan fingerprint density at radius 2 is 2.04 bits per heavy atom. The summed E-state index contributed by atoms with van der Waals surface area (Å²) in [4.78, 5) is 4.70. The zero-order valence-corrected chi connectivity index (χ0v) is 19.3.